The maximum Gasteiger partial charge on any atom is 0.242 e. The van der Waals surface area contributed by atoms with Crippen LogP contribution in [-0.4, -0.2) is 19.0 Å². The first kappa shape index (κ1) is 14.3. The lowest BCUT2D eigenvalue weighted by Crippen LogP contribution is -2.13. The van der Waals surface area contributed by atoms with Gasteiger partial charge in [-0.05, 0) is 18.2 Å². The Balaban J connectivity index is 2.93. The van der Waals surface area contributed by atoms with Crippen molar-refractivity contribution in [2.45, 2.75) is 6.92 Å². The summed E-state index contributed by atoms with van der Waals surface area (Å²) in [4.78, 5) is 10.8. The Morgan fingerprint density at radius 1 is 1.47 bits per heavy atom. The molecule has 5 nitrogen and oxygen atoms in total. The topological polar surface area (TPSA) is 75.3 Å². The Morgan fingerprint density at radius 3 is 2.59 bits per heavy atom. The summed E-state index contributed by atoms with van der Waals surface area (Å²) < 4.78 is 24.7. The molecule has 8 heteroatoms. The Morgan fingerprint density at radius 2 is 2.12 bits per heavy atom. The van der Waals surface area contributed by atoms with Crippen LogP contribution in [0.5, 0.6) is 0 Å². The largest absolute Gasteiger partial charge is 0.325 e. The van der Waals surface area contributed by atoms with Gasteiger partial charge in [-0.25, -0.2) is 8.42 Å². The molecular formula is C9H10BrClN2O3S. The van der Waals surface area contributed by atoms with Gasteiger partial charge < -0.3 is 5.32 Å². The number of carbonyl (C=O) groups is 1. The molecule has 17 heavy (non-hydrogen) atoms. The van der Waals surface area contributed by atoms with Gasteiger partial charge in [0.15, 0.2) is 0 Å². The lowest BCUT2D eigenvalue weighted by molar-refractivity contribution is -0.114. The van der Waals surface area contributed by atoms with E-state index in [4.69, 9.17) is 11.6 Å². The van der Waals surface area contributed by atoms with Crippen LogP contribution in [0.15, 0.2) is 18.2 Å². The van der Waals surface area contributed by atoms with Crippen molar-refractivity contribution in [1.82, 2.24) is 0 Å². The van der Waals surface area contributed by atoms with Gasteiger partial charge in [0.1, 0.15) is 4.66 Å². The quantitative estimate of drug-likeness (QED) is 0.826. The number of alkyl halides is 1. The van der Waals surface area contributed by atoms with E-state index in [-0.39, 0.29) is 15.6 Å². The summed E-state index contributed by atoms with van der Waals surface area (Å²) in [5.41, 5.74) is 0.768. The van der Waals surface area contributed by atoms with Crippen molar-refractivity contribution in [2.75, 3.05) is 14.7 Å². The molecule has 1 rings (SSSR count). The predicted octanol–water partition coefficient (Wildman–Crippen LogP) is 2.39. The van der Waals surface area contributed by atoms with Crippen molar-refractivity contribution in [3.05, 3.63) is 23.2 Å². The Kier molecular flexibility index (Phi) is 4.79. The molecule has 0 saturated carbocycles. The number of amides is 1. The van der Waals surface area contributed by atoms with Gasteiger partial charge in [0.2, 0.25) is 15.9 Å². The SMILES string of the molecule is CC(=O)Nc1ccc(NS(=O)(=O)CBr)cc1Cl. The summed E-state index contributed by atoms with van der Waals surface area (Å²) in [6.45, 7) is 1.36. The third-order valence-corrected chi connectivity index (χ3v) is 4.65. The highest BCUT2D eigenvalue weighted by atomic mass is 79.9. The van der Waals surface area contributed by atoms with Crippen LogP contribution < -0.4 is 10.0 Å². The predicted molar refractivity (Wildman–Crippen MR) is 72.1 cm³/mol. The van der Waals surface area contributed by atoms with Crippen molar-refractivity contribution in [1.29, 1.82) is 0 Å². The fourth-order valence-corrected chi connectivity index (χ4v) is 2.19. The number of sulfonamides is 1. The van der Waals surface area contributed by atoms with E-state index >= 15 is 0 Å². The first-order valence-corrected chi connectivity index (χ1v) is 7.63. The Labute approximate surface area is 113 Å². The van der Waals surface area contributed by atoms with Gasteiger partial charge in [-0.2, -0.15) is 0 Å². The fourth-order valence-electron chi connectivity index (χ4n) is 1.08. The molecule has 1 amide bonds. The van der Waals surface area contributed by atoms with Gasteiger partial charge >= 0.3 is 0 Å². The average Bonchev–Trinajstić information content (AvgIpc) is 2.21. The molecule has 0 atom stereocenters. The van der Waals surface area contributed by atoms with Crippen LogP contribution >= 0.6 is 27.5 Å². The lowest BCUT2D eigenvalue weighted by Gasteiger charge is -2.09. The van der Waals surface area contributed by atoms with Gasteiger partial charge in [-0.15, -0.1) is 0 Å². The minimum Gasteiger partial charge on any atom is -0.325 e. The number of halogens is 2. The van der Waals surface area contributed by atoms with Crippen LogP contribution in [-0.2, 0) is 14.8 Å². The minimum absolute atomic E-state index is 0.203. The molecule has 0 bridgehead atoms. The van der Waals surface area contributed by atoms with Crippen LogP contribution in [0.3, 0.4) is 0 Å². The highest BCUT2D eigenvalue weighted by molar-refractivity contribution is 9.10. The zero-order chi connectivity index (χ0) is 13.1. The van der Waals surface area contributed by atoms with Crippen LogP contribution in [0, 0.1) is 0 Å². The van der Waals surface area contributed by atoms with E-state index in [1.54, 1.807) is 0 Å². The first-order valence-electron chi connectivity index (χ1n) is 4.47. The Hall–Kier alpha value is -0.790. The number of rotatable bonds is 4. The van der Waals surface area contributed by atoms with Crippen LogP contribution in [0.2, 0.25) is 5.02 Å². The highest BCUT2D eigenvalue weighted by Crippen LogP contribution is 2.26. The van der Waals surface area contributed by atoms with E-state index in [9.17, 15) is 13.2 Å². The van der Waals surface area contributed by atoms with Crippen LogP contribution in [0.4, 0.5) is 11.4 Å². The molecule has 0 radical (unpaired) electrons. The maximum atomic E-state index is 11.3. The fraction of sp³-hybridized carbons (Fsp3) is 0.222. The van der Waals surface area contributed by atoms with Gasteiger partial charge in [-0.3, -0.25) is 9.52 Å². The molecule has 0 spiro atoms. The molecule has 1 aromatic rings. The second-order valence-electron chi connectivity index (χ2n) is 3.20. The standard InChI is InChI=1S/C9H10BrClN2O3S/c1-6(14)12-9-3-2-7(4-8(9)11)13-17(15,16)5-10/h2-4,13H,5H2,1H3,(H,12,14). The van der Waals surface area contributed by atoms with Crippen LogP contribution in [0.25, 0.3) is 0 Å². The molecule has 0 aliphatic carbocycles. The van der Waals surface area contributed by atoms with Crippen molar-refractivity contribution in [3.63, 3.8) is 0 Å². The molecular weight excluding hydrogens is 332 g/mol. The molecule has 0 unspecified atom stereocenters. The van der Waals surface area contributed by atoms with E-state index in [2.05, 4.69) is 26.0 Å². The van der Waals surface area contributed by atoms with Gasteiger partial charge in [0, 0.05) is 6.92 Å². The van der Waals surface area contributed by atoms with E-state index in [0.29, 0.717) is 11.4 Å². The van der Waals surface area contributed by atoms with Crippen molar-refractivity contribution in [2.24, 2.45) is 0 Å². The molecule has 0 saturated heterocycles. The third-order valence-electron chi connectivity index (χ3n) is 1.70. The lowest BCUT2D eigenvalue weighted by atomic mass is 10.3. The smallest absolute Gasteiger partial charge is 0.242 e. The van der Waals surface area contributed by atoms with Gasteiger partial charge in [0.05, 0.1) is 16.4 Å². The van der Waals surface area contributed by atoms with Crippen molar-refractivity contribution < 1.29 is 13.2 Å². The number of benzene rings is 1. The molecule has 0 aromatic heterocycles. The van der Waals surface area contributed by atoms with E-state index in [0.717, 1.165) is 0 Å². The third kappa shape index (κ3) is 4.53. The normalized spacial score (nSPS) is 11.0. The monoisotopic (exact) mass is 340 g/mol. The number of nitrogens with one attached hydrogen (secondary N) is 2. The van der Waals surface area contributed by atoms with E-state index < -0.39 is 10.0 Å². The zero-order valence-corrected chi connectivity index (χ0v) is 12.0. The average molecular weight is 342 g/mol. The van der Waals surface area contributed by atoms with E-state index in [1.165, 1.54) is 25.1 Å². The van der Waals surface area contributed by atoms with Gasteiger partial charge in [-0.1, -0.05) is 27.5 Å². The minimum atomic E-state index is -3.40. The summed E-state index contributed by atoms with van der Waals surface area (Å²) in [6, 6.07) is 4.46. The molecule has 0 aliphatic rings. The number of hydrogen-bond donors (Lipinski definition) is 2. The number of anilines is 2. The highest BCUT2D eigenvalue weighted by Gasteiger charge is 2.09. The molecule has 2 N–H and O–H groups in total. The second kappa shape index (κ2) is 5.70. The Bertz CT molecular complexity index is 533. The summed E-state index contributed by atoms with van der Waals surface area (Å²) >= 11 is 8.74. The summed E-state index contributed by atoms with van der Waals surface area (Å²) in [6.07, 6.45) is 0. The molecule has 0 aliphatic heterocycles. The molecule has 0 heterocycles. The van der Waals surface area contributed by atoms with Crippen molar-refractivity contribution in [3.8, 4) is 0 Å². The van der Waals surface area contributed by atoms with Gasteiger partial charge in [0.25, 0.3) is 0 Å². The first-order chi connectivity index (χ1) is 7.84. The molecule has 0 fully saturated rings. The summed E-state index contributed by atoms with van der Waals surface area (Å²) in [5.74, 6) is -0.249. The van der Waals surface area contributed by atoms with Crippen LogP contribution in [0.1, 0.15) is 6.92 Å². The zero-order valence-electron chi connectivity index (χ0n) is 8.83. The second-order valence-corrected chi connectivity index (χ2v) is 6.63. The summed E-state index contributed by atoms with van der Waals surface area (Å²) in [5, 5.41) is 2.78. The number of carbonyl (C=O) groups excluding carboxylic acids is 1. The summed E-state index contributed by atoms with van der Waals surface area (Å²) in [7, 11) is -3.40. The maximum absolute atomic E-state index is 11.3. The van der Waals surface area contributed by atoms with Crippen molar-refractivity contribution >= 4 is 54.8 Å². The molecule has 1 aromatic carbocycles. The molecule has 94 valence electrons. The van der Waals surface area contributed by atoms with E-state index in [1.807, 2.05) is 0 Å². The number of hydrogen-bond acceptors (Lipinski definition) is 3.